The van der Waals surface area contributed by atoms with E-state index >= 15 is 0 Å². The van der Waals surface area contributed by atoms with E-state index in [1.54, 1.807) is 0 Å². The van der Waals surface area contributed by atoms with Crippen LogP contribution in [0.4, 0.5) is 4.53 Å². The summed E-state index contributed by atoms with van der Waals surface area (Å²) < 4.78 is 10.9. The minimum absolute atomic E-state index is 0.0273. The second kappa shape index (κ2) is 5.50. The van der Waals surface area contributed by atoms with Gasteiger partial charge in [-0.3, -0.25) is 4.94 Å². The van der Waals surface area contributed by atoms with Crippen LogP contribution in [0, 0.1) is 0 Å². The normalized spacial score (nSPS) is 9.11. The first-order valence-corrected chi connectivity index (χ1v) is 2.73. The van der Waals surface area contributed by atoms with Gasteiger partial charge in [0.25, 0.3) is 0 Å². The van der Waals surface area contributed by atoms with Crippen LogP contribution >= 0.6 is 0 Å². The number of carbonyl (C=O) groups excluding carboxylic acids is 1. The van der Waals surface area contributed by atoms with Crippen LogP contribution in [0.1, 0.15) is 19.3 Å². The van der Waals surface area contributed by atoms with Crippen molar-refractivity contribution in [1.29, 1.82) is 0 Å². The third-order valence-corrected chi connectivity index (χ3v) is 0.875. The molecule has 0 amide bonds. The van der Waals surface area contributed by atoms with Gasteiger partial charge in [-0.2, -0.15) is 0 Å². The lowest BCUT2D eigenvalue weighted by molar-refractivity contribution is -0.183. The summed E-state index contributed by atoms with van der Waals surface area (Å²) in [5.41, 5.74) is 0. The zero-order chi connectivity index (χ0) is 7.11. The number of aliphatic hydroxyl groups is 1. The molecule has 0 spiro atoms. The van der Waals surface area contributed by atoms with Crippen molar-refractivity contribution in [2.45, 2.75) is 19.3 Å². The van der Waals surface area contributed by atoms with Crippen LogP contribution in [0.25, 0.3) is 0 Å². The van der Waals surface area contributed by atoms with Gasteiger partial charge in [0.1, 0.15) is 0 Å². The topological polar surface area (TPSA) is 46.5 Å². The van der Waals surface area contributed by atoms with E-state index in [-0.39, 0.29) is 13.0 Å². The number of carbonyl (C=O) groups is 1. The van der Waals surface area contributed by atoms with Gasteiger partial charge in [0.2, 0.25) is 0 Å². The number of rotatable bonds is 4. The quantitative estimate of drug-likeness (QED) is 0.575. The van der Waals surface area contributed by atoms with Crippen molar-refractivity contribution in [2.24, 2.45) is 0 Å². The fourth-order valence-electron chi connectivity index (χ4n) is 0.420. The molecule has 0 atom stereocenters. The molecule has 0 bridgehead atoms. The first-order valence-electron chi connectivity index (χ1n) is 2.73. The Morgan fingerprint density at radius 1 is 1.56 bits per heavy atom. The van der Waals surface area contributed by atoms with Crippen LogP contribution in [0.5, 0.6) is 0 Å². The van der Waals surface area contributed by atoms with Crippen LogP contribution in [0.3, 0.4) is 0 Å². The second-order valence-corrected chi connectivity index (χ2v) is 1.63. The number of aliphatic hydroxyl groups excluding tert-OH is 1. The molecule has 0 heterocycles. The van der Waals surface area contributed by atoms with E-state index in [2.05, 4.69) is 4.94 Å². The van der Waals surface area contributed by atoms with Crippen molar-refractivity contribution in [3.05, 3.63) is 0 Å². The number of unbranched alkanes of at least 4 members (excludes halogenated alkanes) is 1. The SMILES string of the molecule is O=C(CCCCO)OF. The number of hydrogen-bond acceptors (Lipinski definition) is 3. The summed E-state index contributed by atoms with van der Waals surface area (Å²) >= 11 is 0. The Kier molecular flexibility index (Phi) is 5.11. The lowest BCUT2D eigenvalue weighted by atomic mass is 10.2. The zero-order valence-electron chi connectivity index (χ0n) is 4.97. The van der Waals surface area contributed by atoms with Gasteiger partial charge < -0.3 is 5.11 Å². The third kappa shape index (κ3) is 5.23. The summed E-state index contributed by atoms with van der Waals surface area (Å²) in [5.74, 6) is -0.872. The van der Waals surface area contributed by atoms with Gasteiger partial charge in [-0.1, -0.05) is 0 Å². The van der Waals surface area contributed by atoms with Crippen molar-refractivity contribution >= 4 is 5.97 Å². The van der Waals surface area contributed by atoms with Gasteiger partial charge in [0, 0.05) is 17.6 Å². The summed E-state index contributed by atoms with van der Waals surface area (Å²) in [7, 11) is 0. The summed E-state index contributed by atoms with van der Waals surface area (Å²) in [6, 6.07) is 0. The Hall–Kier alpha value is -0.640. The van der Waals surface area contributed by atoms with E-state index in [1.165, 1.54) is 0 Å². The van der Waals surface area contributed by atoms with E-state index in [1.807, 2.05) is 0 Å². The summed E-state index contributed by atoms with van der Waals surface area (Å²) in [4.78, 5) is 12.9. The monoisotopic (exact) mass is 136 g/mol. The molecular formula is C5H9FO3. The van der Waals surface area contributed by atoms with Crippen LogP contribution < -0.4 is 0 Å². The highest BCUT2D eigenvalue weighted by Gasteiger charge is 2.00. The predicted molar refractivity (Wildman–Crippen MR) is 28.1 cm³/mol. The molecule has 54 valence electrons. The van der Waals surface area contributed by atoms with Crippen molar-refractivity contribution < 1.29 is 19.4 Å². The minimum atomic E-state index is -0.872. The molecule has 0 aliphatic carbocycles. The van der Waals surface area contributed by atoms with Crippen LogP contribution in [-0.2, 0) is 9.74 Å². The maximum atomic E-state index is 10.9. The Balaban J connectivity index is 2.97. The predicted octanol–water partition coefficient (Wildman–Crippen LogP) is 0.577. The van der Waals surface area contributed by atoms with Crippen molar-refractivity contribution in [2.75, 3.05) is 6.61 Å². The zero-order valence-corrected chi connectivity index (χ0v) is 4.97. The summed E-state index contributed by atoms with van der Waals surface area (Å²) in [6.07, 6.45) is 1.02. The van der Waals surface area contributed by atoms with E-state index in [9.17, 15) is 9.32 Å². The molecule has 0 saturated carbocycles. The molecule has 0 aromatic carbocycles. The lowest BCUT2D eigenvalue weighted by Crippen LogP contribution is -1.97. The molecule has 0 unspecified atom stereocenters. The van der Waals surface area contributed by atoms with Gasteiger partial charge in [-0.25, -0.2) is 4.79 Å². The van der Waals surface area contributed by atoms with Gasteiger partial charge in [-0.15, -0.1) is 0 Å². The number of halogens is 1. The van der Waals surface area contributed by atoms with Gasteiger partial charge in [0.15, 0.2) is 0 Å². The maximum Gasteiger partial charge on any atom is 0.348 e. The standard InChI is InChI=1S/C5H9FO3/c6-9-5(8)3-1-2-4-7/h7H,1-4H2. The molecule has 4 heteroatoms. The first-order chi connectivity index (χ1) is 4.31. The summed E-state index contributed by atoms with van der Waals surface area (Å²) in [5, 5.41) is 8.21. The highest BCUT2D eigenvalue weighted by molar-refractivity contribution is 5.68. The van der Waals surface area contributed by atoms with E-state index in [0.717, 1.165) is 0 Å². The van der Waals surface area contributed by atoms with Crippen LogP contribution in [0.2, 0.25) is 0 Å². The molecular weight excluding hydrogens is 127 g/mol. The molecule has 0 aliphatic rings. The summed E-state index contributed by atoms with van der Waals surface area (Å²) in [6.45, 7) is 0.0273. The molecule has 0 aromatic rings. The Labute approximate surface area is 52.3 Å². The van der Waals surface area contributed by atoms with E-state index in [4.69, 9.17) is 5.11 Å². The fourth-order valence-corrected chi connectivity index (χ4v) is 0.420. The van der Waals surface area contributed by atoms with Gasteiger partial charge >= 0.3 is 5.97 Å². The molecule has 0 rings (SSSR count). The van der Waals surface area contributed by atoms with Gasteiger partial charge in [0.05, 0.1) is 0 Å². The highest BCUT2D eigenvalue weighted by atomic mass is 19.3. The smallest absolute Gasteiger partial charge is 0.348 e. The van der Waals surface area contributed by atoms with Gasteiger partial charge in [-0.05, 0) is 12.8 Å². The molecule has 0 radical (unpaired) electrons. The van der Waals surface area contributed by atoms with Crippen molar-refractivity contribution in [1.82, 2.24) is 0 Å². The van der Waals surface area contributed by atoms with Crippen LogP contribution in [0.15, 0.2) is 0 Å². The van der Waals surface area contributed by atoms with Crippen LogP contribution in [-0.4, -0.2) is 17.7 Å². The minimum Gasteiger partial charge on any atom is -0.396 e. The number of hydrogen-bond donors (Lipinski definition) is 1. The lowest BCUT2D eigenvalue weighted by Gasteiger charge is -1.91. The average Bonchev–Trinajstić information content (AvgIpc) is 1.89. The molecule has 0 aliphatic heterocycles. The van der Waals surface area contributed by atoms with E-state index in [0.29, 0.717) is 12.8 Å². The van der Waals surface area contributed by atoms with Crippen molar-refractivity contribution in [3.8, 4) is 0 Å². The Bertz CT molecular complexity index is 84.3. The largest absolute Gasteiger partial charge is 0.396 e. The van der Waals surface area contributed by atoms with Crippen molar-refractivity contribution in [3.63, 3.8) is 0 Å². The molecule has 1 N–H and O–H groups in total. The average molecular weight is 136 g/mol. The highest BCUT2D eigenvalue weighted by Crippen LogP contribution is 1.96. The van der Waals surface area contributed by atoms with E-state index < -0.39 is 5.97 Å². The molecule has 0 fully saturated rings. The molecule has 0 aromatic heterocycles. The third-order valence-electron chi connectivity index (χ3n) is 0.875. The first kappa shape index (κ1) is 8.36. The Morgan fingerprint density at radius 3 is 2.67 bits per heavy atom. The molecule has 3 nitrogen and oxygen atoms in total. The molecule has 9 heavy (non-hydrogen) atoms. The maximum absolute atomic E-state index is 10.9. The molecule has 0 saturated heterocycles. The Morgan fingerprint density at radius 2 is 2.22 bits per heavy atom. The second-order valence-electron chi connectivity index (χ2n) is 1.63. The fraction of sp³-hybridized carbons (Fsp3) is 0.800.